The van der Waals surface area contributed by atoms with Crippen LogP contribution in [0, 0.1) is 0 Å². The second-order valence-corrected chi connectivity index (χ2v) is 5.47. The van der Waals surface area contributed by atoms with Gasteiger partial charge in [0.15, 0.2) is 0 Å². The van der Waals surface area contributed by atoms with Crippen molar-refractivity contribution in [3.63, 3.8) is 0 Å². The van der Waals surface area contributed by atoms with Crippen LogP contribution in [0.25, 0.3) is 0 Å². The highest BCUT2D eigenvalue weighted by Crippen LogP contribution is 2.13. The summed E-state index contributed by atoms with van der Waals surface area (Å²) in [5.74, 6) is -0.601. The van der Waals surface area contributed by atoms with Gasteiger partial charge in [-0.2, -0.15) is 0 Å². The van der Waals surface area contributed by atoms with Crippen LogP contribution in [0.4, 0.5) is 0 Å². The summed E-state index contributed by atoms with van der Waals surface area (Å²) in [6.45, 7) is 1.43. The van der Waals surface area contributed by atoms with Gasteiger partial charge >= 0.3 is 5.97 Å². The van der Waals surface area contributed by atoms with Crippen molar-refractivity contribution in [2.45, 2.75) is 19.4 Å². The summed E-state index contributed by atoms with van der Waals surface area (Å²) in [5, 5.41) is 2.87. The maximum Gasteiger partial charge on any atom is 0.302 e. The minimum absolute atomic E-state index is 0.0966. The number of carbonyl (C=O) groups is 2. The SMILES string of the molecule is CC(=O)OCC(Cc1[nH]cnc1Br)NC(=O)c1ccccc1. The van der Waals surface area contributed by atoms with E-state index in [0.717, 1.165) is 5.69 Å². The molecule has 0 spiro atoms. The number of nitrogens with one attached hydrogen (secondary N) is 2. The Balaban J connectivity index is 2.05. The number of hydrogen-bond donors (Lipinski definition) is 2. The van der Waals surface area contributed by atoms with Gasteiger partial charge in [0, 0.05) is 18.9 Å². The van der Waals surface area contributed by atoms with Crippen LogP contribution in [-0.4, -0.2) is 34.5 Å². The number of esters is 1. The maximum absolute atomic E-state index is 12.2. The summed E-state index contributed by atoms with van der Waals surface area (Å²) in [6, 6.07) is 8.53. The Morgan fingerprint density at radius 3 is 2.68 bits per heavy atom. The highest BCUT2D eigenvalue weighted by atomic mass is 79.9. The Hall–Kier alpha value is -2.15. The molecular weight excluding hydrogens is 350 g/mol. The predicted octanol–water partition coefficient (Wildman–Crippen LogP) is 2.08. The van der Waals surface area contributed by atoms with E-state index in [1.807, 2.05) is 6.07 Å². The molecule has 6 nitrogen and oxygen atoms in total. The molecule has 2 aromatic rings. The summed E-state index contributed by atoms with van der Waals surface area (Å²) in [4.78, 5) is 30.3. The van der Waals surface area contributed by atoms with Gasteiger partial charge in [-0.25, -0.2) is 4.98 Å². The Morgan fingerprint density at radius 1 is 1.36 bits per heavy atom. The average Bonchev–Trinajstić information content (AvgIpc) is 2.91. The fourth-order valence-corrected chi connectivity index (χ4v) is 2.30. The lowest BCUT2D eigenvalue weighted by Crippen LogP contribution is -2.40. The van der Waals surface area contributed by atoms with Gasteiger partial charge in [0.25, 0.3) is 5.91 Å². The molecule has 0 bridgehead atoms. The van der Waals surface area contributed by atoms with E-state index in [1.54, 1.807) is 30.6 Å². The summed E-state index contributed by atoms with van der Waals surface area (Å²) in [7, 11) is 0. The molecule has 0 fully saturated rings. The van der Waals surface area contributed by atoms with Crippen molar-refractivity contribution in [2.24, 2.45) is 0 Å². The van der Waals surface area contributed by atoms with E-state index in [1.165, 1.54) is 6.92 Å². The zero-order valence-corrected chi connectivity index (χ0v) is 13.6. The van der Waals surface area contributed by atoms with Crippen molar-refractivity contribution >= 4 is 27.8 Å². The summed E-state index contributed by atoms with van der Waals surface area (Å²) in [6.07, 6.45) is 2.02. The smallest absolute Gasteiger partial charge is 0.302 e. The first-order valence-corrected chi connectivity index (χ1v) is 7.52. The third-order valence-electron chi connectivity index (χ3n) is 2.98. The first-order valence-electron chi connectivity index (χ1n) is 6.73. The predicted molar refractivity (Wildman–Crippen MR) is 84.3 cm³/mol. The molecule has 1 amide bonds. The zero-order chi connectivity index (χ0) is 15.9. The number of H-pyrrole nitrogens is 1. The van der Waals surface area contributed by atoms with E-state index in [2.05, 4.69) is 31.2 Å². The molecule has 0 aliphatic carbocycles. The fourth-order valence-electron chi connectivity index (χ4n) is 1.92. The first-order chi connectivity index (χ1) is 10.6. The normalized spacial score (nSPS) is 11.7. The van der Waals surface area contributed by atoms with Crippen LogP contribution in [0.1, 0.15) is 23.0 Å². The fraction of sp³-hybridized carbons (Fsp3) is 0.267. The molecule has 0 aliphatic rings. The molecule has 116 valence electrons. The molecule has 7 heteroatoms. The van der Waals surface area contributed by atoms with Gasteiger partial charge in [-0.1, -0.05) is 18.2 Å². The van der Waals surface area contributed by atoms with Gasteiger partial charge in [0.2, 0.25) is 0 Å². The second-order valence-electron chi connectivity index (χ2n) is 4.72. The lowest BCUT2D eigenvalue weighted by atomic mass is 10.1. The number of carbonyl (C=O) groups excluding carboxylic acids is 2. The quantitative estimate of drug-likeness (QED) is 0.767. The third kappa shape index (κ3) is 4.70. The van der Waals surface area contributed by atoms with Gasteiger partial charge < -0.3 is 15.0 Å². The van der Waals surface area contributed by atoms with E-state index >= 15 is 0 Å². The van der Waals surface area contributed by atoms with Crippen molar-refractivity contribution in [1.82, 2.24) is 15.3 Å². The molecule has 22 heavy (non-hydrogen) atoms. The van der Waals surface area contributed by atoms with Crippen LogP contribution in [-0.2, 0) is 16.0 Å². The minimum Gasteiger partial charge on any atom is -0.464 e. The molecule has 0 saturated carbocycles. The van der Waals surface area contributed by atoms with E-state index < -0.39 is 0 Å². The highest BCUT2D eigenvalue weighted by Gasteiger charge is 2.18. The molecule has 0 aliphatic heterocycles. The number of rotatable bonds is 6. The van der Waals surface area contributed by atoms with E-state index in [0.29, 0.717) is 16.6 Å². The van der Waals surface area contributed by atoms with Crippen molar-refractivity contribution < 1.29 is 14.3 Å². The molecule has 1 atom stereocenters. The number of benzene rings is 1. The zero-order valence-electron chi connectivity index (χ0n) is 12.0. The third-order valence-corrected chi connectivity index (χ3v) is 3.66. The van der Waals surface area contributed by atoms with Crippen LogP contribution in [0.3, 0.4) is 0 Å². The topological polar surface area (TPSA) is 84.1 Å². The van der Waals surface area contributed by atoms with Crippen LogP contribution in [0.15, 0.2) is 41.3 Å². The van der Waals surface area contributed by atoms with Gasteiger partial charge in [-0.3, -0.25) is 9.59 Å². The van der Waals surface area contributed by atoms with Gasteiger partial charge in [0.05, 0.1) is 18.1 Å². The Kier molecular flexibility index (Phi) is 5.71. The number of hydrogen-bond acceptors (Lipinski definition) is 4. The lowest BCUT2D eigenvalue weighted by Gasteiger charge is -2.18. The molecule has 2 N–H and O–H groups in total. The summed E-state index contributed by atoms with van der Waals surface area (Å²) >= 11 is 3.32. The van der Waals surface area contributed by atoms with Gasteiger partial charge in [-0.15, -0.1) is 0 Å². The Bertz CT molecular complexity index is 642. The number of aromatic nitrogens is 2. The summed E-state index contributed by atoms with van der Waals surface area (Å²) < 4.78 is 5.70. The van der Waals surface area contributed by atoms with Crippen molar-refractivity contribution in [3.8, 4) is 0 Å². The van der Waals surface area contributed by atoms with E-state index in [4.69, 9.17) is 4.74 Å². The second kappa shape index (κ2) is 7.74. The number of nitrogens with zero attached hydrogens (tertiary/aromatic N) is 1. The molecular formula is C15H16BrN3O3. The van der Waals surface area contributed by atoms with Crippen molar-refractivity contribution in [3.05, 3.63) is 52.5 Å². The molecule has 1 aromatic heterocycles. The first kappa shape index (κ1) is 16.2. The van der Waals surface area contributed by atoms with Gasteiger partial charge in [0.1, 0.15) is 11.2 Å². The van der Waals surface area contributed by atoms with Crippen LogP contribution in [0.5, 0.6) is 0 Å². The number of imidazole rings is 1. The molecule has 2 rings (SSSR count). The molecule has 1 aromatic carbocycles. The molecule has 1 heterocycles. The molecule has 0 radical (unpaired) electrons. The maximum atomic E-state index is 12.2. The molecule has 0 saturated heterocycles. The van der Waals surface area contributed by atoms with Crippen molar-refractivity contribution in [2.75, 3.05) is 6.61 Å². The van der Waals surface area contributed by atoms with Crippen LogP contribution < -0.4 is 5.32 Å². The number of aromatic amines is 1. The lowest BCUT2D eigenvalue weighted by molar-refractivity contribution is -0.141. The highest BCUT2D eigenvalue weighted by molar-refractivity contribution is 9.10. The largest absolute Gasteiger partial charge is 0.464 e. The average molecular weight is 366 g/mol. The number of halogens is 1. The standard InChI is InChI=1S/C15H16BrN3O3/c1-10(20)22-8-12(7-13-14(16)18-9-17-13)19-15(21)11-5-3-2-4-6-11/h2-6,9,12H,7-8H2,1H3,(H,17,18)(H,19,21). The van der Waals surface area contributed by atoms with E-state index in [-0.39, 0.29) is 24.5 Å². The summed E-state index contributed by atoms with van der Waals surface area (Å²) in [5.41, 5.74) is 1.38. The molecule has 1 unspecified atom stereocenters. The minimum atomic E-state index is -0.386. The van der Waals surface area contributed by atoms with Gasteiger partial charge in [-0.05, 0) is 28.1 Å². The van der Waals surface area contributed by atoms with E-state index in [9.17, 15) is 9.59 Å². The monoisotopic (exact) mass is 365 g/mol. The Labute approximate surface area is 136 Å². The van der Waals surface area contributed by atoms with Crippen molar-refractivity contribution in [1.29, 1.82) is 0 Å². The van der Waals surface area contributed by atoms with Crippen LogP contribution in [0.2, 0.25) is 0 Å². The van der Waals surface area contributed by atoms with Crippen LogP contribution >= 0.6 is 15.9 Å². The number of amides is 1. The Morgan fingerprint density at radius 2 is 2.09 bits per heavy atom. The number of ether oxygens (including phenoxy) is 1.